The zero-order chi connectivity index (χ0) is 8.97. The van der Waals surface area contributed by atoms with Gasteiger partial charge in [-0.15, -0.1) is 0 Å². The van der Waals surface area contributed by atoms with Crippen LogP contribution in [0.3, 0.4) is 0 Å². The van der Waals surface area contributed by atoms with Gasteiger partial charge in [-0.25, -0.2) is 0 Å². The van der Waals surface area contributed by atoms with E-state index in [1.54, 1.807) is 11.1 Å². The molecule has 0 unspecified atom stereocenters. The Labute approximate surface area is 75.6 Å². The van der Waals surface area contributed by atoms with Crippen LogP contribution >= 0.6 is 0 Å². The van der Waals surface area contributed by atoms with Crippen LogP contribution in [-0.2, 0) is 12.8 Å². The quantitative estimate of drug-likeness (QED) is 0.638. The van der Waals surface area contributed by atoms with E-state index in [9.17, 15) is 0 Å². The number of hydrogen-bond acceptors (Lipinski definition) is 0. The van der Waals surface area contributed by atoms with E-state index in [1.807, 2.05) is 0 Å². The molecule has 66 valence electrons. The molecule has 0 atom stereocenters. The maximum absolute atomic E-state index is 2.26. The Balaban J connectivity index is 3.00. The third kappa shape index (κ3) is 1.88. The minimum atomic E-state index is 1.17. The second-order valence-corrected chi connectivity index (χ2v) is 3.32. The van der Waals surface area contributed by atoms with Crippen molar-refractivity contribution in [1.29, 1.82) is 0 Å². The van der Waals surface area contributed by atoms with E-state index in [2.05, 4.69) is 39.0 Å². The fourth-order valence-electron chi connectivity index (χ4n) is 1.77. The van der Waals surface area contributed by atoms with Gasteiger partial charge in [-0.3, -0.25) is 0 Å². The van der Waals surface area contributed by atoms with Crippen LogP contribution in [0, 0.1) is 6.92 Å². The van der Waals surface area contributed by atoms with Gasteiger partial charge in [-0.05, 0) is 36.5 Å². The Morgan fingerprint density at radius 3 is 2.50 bits per heavy atom. The summed E-state index contributed by atoms with van der Waals surface area (Å²) in [6.45, 7) is 6.68. The first-order chi connectivity index (χ1) is 5.79. The zero-order valence-corrected chi connectivity index (χ0v) is 8.35. The molecule has 0 aliphatic rings. The summed E-state index contributed by atoms with van der Waals surface area (Å²) < 4.78 is 0. The highest BCUT2D eigenvalue weighted by Gasteiger charge is 2.01. The fraction of sp³-hybridized carbons (Fsp3) is 0.500. The van der Waals surface area contributed by atoms with Gasteiger partial charge in [0.1, 0.15) is 0 Å². The van der Waals surface area contributed by atoms with Gasteiger partial charge in [0.05, 0.1) is 0 Å². The Kier molecular flexibility index (Phi) is 3.33. The summed E-state index contributed by atoms with van der Waals surface area (Å²) in [6, 6.07) is 6.63. The maximum atomic E-state index is 2.26. The summed E-state index contributed by atoms with van der Waals surface area (Å²) in [5.41, 5.74) is 4.54. The van der Waals surface area contributed by atoms with Crippen LogP contribution in [0.1, 0.15) is 37.0 Å². The Bertz CT molecular complexity index is 248. The fourth-order valence-corrected chi connectivity index (χ4v) is 1.77. The molecule has 0 nitrogen and oxygen atoms in total. The number of rotatable bonds is 3. The van der Waals surface area contributed by atoms with E-state index in [0.717, 1.165) is 0 Å². The molecule has 0 heterocycles. The summed E-state index contributed by atoms with van der Waals surface area (Å²) in [4.78, 5) is 0. The van der Waals surface area contributed by atoms with Crippen molar-refractivity contribution >= 4 is 0 Å². The molecule has 0 saturated heterocycles. The second kappa shape index (κ2) is 4.30. The summed E-state index contributed by atoms with van der Waals surface area (Å²) in [5, 5.41) is 0. The maximum Gasteiger partial charge on any atom is -0.0279 e. The molecule has 0 amide bonds. The van der Waals surface area contributed by atoms with Crippen molar-refractivity contribution in [3.05, 3.63) is 34.9 Å². The highest BCUT2D eigenvalue weighted by Crippen LogP contribution is 2.16. The first kappa shape index (κ1) is 9.31. The Hall–Kier alpha value is -0.780. The molecule has 0 fully saturated rings. The van der Waals surface area contributed by atoms with Crippen LogP contribution < -0.4 is 0 Å². The van der Waals surface area contributed by atoms with Gasteiger partial charge in [0.25, 0.3) is 0 Å². The molecular formula is C12H18. The lowest BCUT2D eigenvalue weighted by atomic mass is 9.97. The standard InChI is InChI=1S/C12H18/c1-4-7-11-9-6-8-10(3)12(11)5-2/h6,8-9H,4-5,7H2,1-3H3. The Morgan fingerprint density at radius 2 is 1.92 bits per heavy atom. The third-order valence-electron chi connectivity index (χ3n) is 2.38. The molecule has 0 spiro atoms. The molecule has 1 aromatic carbocycles. The monoisotopic (exact) mass is 162 g/mol. The van der Waals surface area contributed by atoms with E-state index < -0.39 is 0 Å². The van der Waals surface area contributed by atoms with Crippen LogP contribution in [0.15, 0.2) is 18.2 Å². The smallest absolute Gasteiger partial charge is 0.0279 e. The number of benzene rings is 1. The van der Waals surface area contributed by atoms with Crippen molar-refractivity contribution in [2.75, 3.05) is 0 Å². The van der Waals surface area contributed by atoms with Crippen LogP contribution in [0.2, 0.25) is 0 Å². The van der Waals surface area contributed by atoms with Crippen LogP contribution in [-0.4, -0.2) is 0 Å². The molecule has 0 aliphatic heterocycles. The normalized spacial score (nSPS) is 10.2. The summed E-state index contributed by atoms with van der Waals surface area (Å²) >= 11 is 0. The molecule has 0 aromatic heterocycles. The lowest BCUT2D eigenvalue weighted by Gasteiger charge is -2.09. The van der Waals surface area contributed by atoms with Crippen molar-refractivity contribution < 1.29 is 0 Å². The average Bonchev–Trinajstić information content (AvgIpc) is 2.05. The molecule has 0 radical (unpaired) electrons. The Morgan fingerprint density at radius 1 is 1.17 bits per heavy atom. The minimum Gasteiger partial charge on any atom is -0.0651 e. The molecule has 0 N–H and O–H groups in total. The highest BCUT2D eigenvalue weighted by atomic mass is 14.1. The van der Waals surface area contributed by atoms with Gasteiger partial charge < -0.3 is 0 Å². The van der Waals surface area contributed by atoms with E-state index in [0.29, 0.717) is 0 Å². The van der Waals surface area contributed by atoms with Gasteiger partial charge in [0.15, 0.2) is 0 Å². The molecule has 0 saturated carbocycles. The first-order valence-electron chi connectivity index (χ1n) is 4.87. The van der Waals surface area contributed by atoms with E-state index in [1.165, 1.54) is 24.8 Å². The molecule has 0 aliphatic carbocycles. The SMILES string of the molecule is CCCc1cccc(C)c1CC. The minimum absolute atomic E-state index is 1.17. The largest absolute Gasteiger partial charge is 0.0651 e. The average molecular weight is 162 g/mol. The van der Waals surface area contributed by atoms with Crippen molar-refractivity contribution in [3.63, 3.8) is 0 Å². The lowest BCUT2D eigenvalue weighted by Crippen LogP contribution is -1.94. The zero-order valence-electron chi connectivity index (χ0n) is 8.35. The summed E-state index contributed by atoms with van der Waals surface area (Å²) in [5.74, 6) is 0. The predicted molar refractivity (Wildman–Crippen MR) is 54.6 cm³/mol. The van der Waals surface area contributed by atoms with E-state index >= 15 is 0 Å². The van der Waals surface area contributed by atoms with Crippen molar-refractivity contribution in [3.8, 4) is 0 Å². The molecule has 12 heavy (non-hydrogen) atoms. The molecule has 0 bridgehead atoms. The lowest BCUT2D eigenvalue weighted by molar-refractivity contribution is 0.895. The summed E-state index contributed by atoms with van der Waals surface area (Å²) in [6.07, 6.45) is 3.64. The van der Waals surface area contributed by atoms with Crippen molar-refractivity contribution in [1.82, 2.24) is 0 Å². The first-order valence-corrected chi connectivity index (χ1v) is 4.87. The van der Waals surface area contributed by atoms with Gasteiger partial charge >= 0.3 is 0 Å². The molecule has 1 aromatic rings. The van der Waals surface area contributed by atoms with Crippen molar-refractivity contribution in [2.24, 2.45) is 0 Å². The van der Waals surface area contributed by atoms with Crippen LogP contribution in [0.5, 0.6) is 0 Å². The van der Waals surface area contributed by atoms with Crippen LogP contribution in [0.25, 0.3) is 0 Å². The number of hydrogen-bond donors (Lipinski definition) is 0. The second-order valence-electron chi connectivity index (χ2n) is 3.32. The highest BCUT2D eigenvalue weighted by molar-refractivity contribution is 5.34. The number of aryl methyl sites for hydroxylation is 2. The molecular weight excluding hydrogens is 144 g/mol. The van der Waals surface area contributed by atoms with Gasteiger partial charge in [-0.1, -0.05) is 38.5 Å². The predicted octanol–water partition coefficient (Wildman–Crippen LogP) is 3.51. The molecule has 0 heteroatoms. The topological polar surface area (TPSA) is 0 Å². The van der Waals surface area contributed by atoms with Gasteiger partial charge in [0, 0.05) is 0 Å². The summed E-state index contributed by atoms with van der Waals surface area (Å²) in [7, 11) is 0. The van der Waals surface area contributed by atoms with E-state index in [-0.39, 0.29) is 0 Å². The molecule has 1 rings (SSSR count). The van der Waals surface area contributed by atoms with E-state index in [4.69, 9.17) is 0 Å². The van der Waals surface area contributed by atoms with Gasteiger partial charge in [0.2, 0.25) is 0 Å². The van der Waals surface area contributed by atoms with Gasteiger partial charge in [-0.2, -0.15) is 0 Å². The van der Waals surface area contributed by atoms with Crippen molar-refractivity contribution in [2.45, 2.75) is 40.0 Å². The van der Waals surface area contributed by atoms with Crippen LogP contribution in [0.4, 0.5) is 0 Å². The third-order valence-corrected chi connectivity index (χ3v) is 2.38.